The molecule has 2 unspecified atom stereocenters. The highest BCUT2D eigenvalue weighted by Crippen LogP contribution is 2.40. The van der Waals surface area contributed by atoms with Gasteiger partial charge in [-0.3, -0.25) is 4.90 Å². The number of rotatable bonds is 19. The third-order valence-corrected chi connectivity index (χ3v) is 12.4. The summed E-state index contributed by atoms with van der Waals surface area (Å²) in [5.41, 5.74) is 6.02. The van der Waals surface area contributed by atoms with Crippen LogP contribution in [0.5, 0.6) is 0 Å². The van der Waals surface area contributed by atoms with Crippen molar-refractivity contribution in [2.45, 2.75) is 119 Å². The Labute approximate surface area is 312 Å². The number of hydrogen-bond donors (Lipinski definition) is 0. The summed E-state index contributed by atoms with van der Waals surface area (Å²) in [6, 6.07) is 19.7. The Morgan fingerprint density at radius 2 is 1.75 bits per heavy atom. The van der Waals surface area contributed by atoms with Crippen LogP contribution in [0.4, 0.5) is 0 Å². The Kier molecular flexibility index (Phi) is 14.7. The number of hydrazone groups is 1. The molecule has 0 saturated carbocycles. The molecule has 4 rings (SSSR count). The van der Waals surface area contributed by atoms with Crippen LogP contribution in [0.2, 0.25) is 0 Å². The van der Waals surface area contributed by atoms with Crippen LogP contribution in [0.1, 0.15) is 123 Å². The van der Waals surface area contributed by atoms with Gasteiger partial charge in [0.05, 0.1) is 12.4 Å². The topological polar surface area (TPSA) is 37.7 Å². The van der Waals surface area contributed by atoms with Crippen LogP contribution in [0.3, 0.4) is 0 Å². The predicted molar refractivity (Wildman–Crippen MR) is 221 cm³/mol. The number of hydrogen-bond acceptors (Lipinski definition) is 6. The Balaban J connectivity index is 1.57. The molecular weight excluding hydrogens is 625 g/mol. The van der Waals surface area contributed by atoms with Crippen LogP contribution in [-0.2, 0) is 6.42 Å². The first-order valence-corrected chi connectivity index (χ1v) is 19.9. The van der Waals surface area contributed by atoms with Crippen molar-refractivity contribution >= 4 is 18.0 Å². The van der Waals surface area contributed by atoms with Crippen molar-refractivity contribution in [2.24, 2.45) is 27.3 Å². The maximum Gasteiger partial charge on any atom is 0.160 e. The quantitative estimate of drug-likeness (QED) is 0.137. The fourth-order valence-corrected chi connectivity index (χ4v) is 7.67. The van der Waals surface area contributed by atoms with Crippen molar-refractivity contribution < 1.29 is 0 Å². The van der Waals surface area contributed by atoms with Gasteiger partial charge in [0, 0.05) is 42.6 Å². The molecule has 2 aromatic carbocycles. The monoisotopic (exact) mass is 695 g/mol. The predicted octanol–water partition coefficient (Wildman–Crippen LogP) is 10.5. The first-order valence-electron chi connectivity index (χ1n) is 19.9. The summed E-state index contributed by atoms with van der Waals surface area (Å²) < 4.78 is 0. The minimum absolute atomic E-state index is 0.0686. The molecule has 2 atom stereocenters. The van der Waals surface area contributed by atoms with Crippen LogP contribution >= 0.6 is 0 Å². The van der Waals surface area contributed by atoms with Crippen molar-refractivity contribution in [3.8, 4) is 0 Å². The Bertz CT molecular complexity index is 1500. The third-order valence-electron chi connectivity index (χ3n) is 12.4. The summed E-state index contributed by atoms with van der Waals surface area (Å²) in [7, 11) is 4.53. The number of aryl methyl sites for hydroxylation is 1. The van der Waals surface area contributed by atoms with E-state index in [1.54, 1.807) is 0 Å². The number of unbranched alkanes of at least 4 members (excludes halogenated alkanes) is 1. The van der Waals surface area contributed by atoms with E-state index in [2.05, 4.69) is 157 Å². The number of allylic oxidation sites excluding steroid dienone is 2. The van der Waals surface area contributed by atoms with Crippen LogP contribution in [-0.4, -0.2) is 78.1 Å². The van der Waals surface area contributed by atoms with E-state index < -0.39 is 0 Å². The Hall–Kier alpha value is -3.22. The van der Waals surface area contributed by atoms with Gasteiger partial charge in [-0.25, -0.2) is 4.99 Å². The summed E-state index contributed by atoms with van der Waals surface area (Å²) in [5.74, 6) is 3.55. The number of nitrogens with zero attached hydrogens (tertiary/aromatic N) is 6. The van der Waals surface area contributed by atoms with Gasteiger partial charge in [0.2, 0.25) is 0 Å². The zero-order valence-electron chi connectivity index (χ0n) is 34.0. The molecule has 0 N–H and O–H groups in total. The van der Waals surface area contributed by atoms with Gasteiger partial charge in [-0.2, -0.15) is 10.1 Å². The highest BCUT2D eigenvalue weighted by molar-refractivity contribution is 6.10. The molecular formula is C45H70N6. The SMILES string of the molecule is C=NN1C(N2CCN(C)C2)=CC(c2cccc(CCC(C)(C)C(C)(C)N(C)CCC(CCCC)CC(C)CC)c2)=N/C1=C(/CC)c1ccccc1. The second-order valence-electron chi connectivity index (χ2n) is 16.6. The average molecular weight is 695 g/mol. The molecule has 0 bridgehead atoms. The molecule has 0 aromatic heterocycles. The lowest BCUT2D eigenvalue weighted by Gasteiger charge is -2.48. The minimum Gasteiger partial charge on any atom is -0.342 e. The van der Waals surface area contributed by atoms with Gasteiger partial charge in [0.15, 0.2) is 5.82 Å². The van der Waals surface area contributed by atoms with Gasteiger partial charge in [-0.1, -0.05) is 116 Å². The molecule has 6 heteroatoms. The lowest BCUT2D eigenvalue weighted by molar-refractivity contribution is 0.0205. The first-order chi connectivity index (χ1) is 24.3. The molecule has 2 heterocycles. The van der Waals surface area contributed by atoms with Crippen LogP contribution < -0.4 is 0 Å². The van der Waals surface area contributed by atoms with E-state index in [0.29, 0.717) is 0 Å². The number of benzene rings is 2. The fourth-order valence-electron chi connectivity index (χ4n) is 7.67. The third kappa shape index (κ3) is 10.2. The molecule has 6 nitrogen and oxygen atoms in total. The van der Waals surface area contributed by atoms with Gasteiger partial charge < -0.3 is 9.80 Å². The van der Waals surface area contributed by atoms with Crippen LogP contribution in [0, 0.1) is 17.3 Å². The molecule has 2 aromatic rings. The molecule has 0 radical (unpaired) electrons. The van der Waals surface area contributed by atoms with Crippen molar-refractivity contribution in [1.29, 1.82) is 0 Å². The standard InChI is InChI=1S/C45H70N6/c1-12-15-20-37(31-35(4)13-2)26-28-49(11)45(7,8)44(5,6)27-25-36-21-19-24-39(32-36)41-33-42(50-30-29-48(10)34-50)51(46-9)43(47-41)40(14-3)38-22-17-16-18-23-38/h16-19,21-24,32-33,35,37H,9,12-15,20,25-31,34H2,1-8,10-11H3/b43-40+. The minimum atomic E-state index is 0.0686. The van der Waals surface area contributed by atoms with E-state index in [4.69, 9.17) is 4.99 Å². The second-order valence-corrected chi connectivity index (χ2v) is 16.6. The maximum absolute atomic E-state index is 5.35. The van der Waals surface area contributed by atoms with Crippen molar-refractivity contribution in [3.63, 3.8) is 0 Å². The fraction of sp³-hybridized carbons (Fsp3) is 0.600. The van der Waals surface area contributed by atoms with Crippen LogP contribution in [0.15, 0.2) is 82.4 Å². The molecule has 2 aliphatic heterocycles. The molecule has 0 aliphatic carbocycles. The molecule has 51 heavy (non-hydrogen) atoms. The normalized spacial score (nSPS) is 18.2. The second kappa shape index (κ2) is 18.5. The first kappa shape index (κ1) is 40.5. The highest BCUT2D eigenvalue weighted by Gasteiger charge is 2.40. The Morgan fingerprint density at radius 3 is 2.37 bits per heavy atom. The maximum atomic E-state index is 5.35. The largest absolute Gasteiger partial charge is 0.342 e. The highest BCUT2D eigenvalue weighted by atomic mass is 15.6. The van der Waals surface area contributed by atoms with Crippen molar-refractivity contribution in [2.75, 3.05) is 40.4 Å². The summed E-state index contributed by atoms with van der Waals surface area (Å²) in [6.07, 6.45) is 13.2. The van der Waals surface area contributed by atoms with E-state index in [-0.39, 0.29) is 11.0 Å². The zero-order valence-corrected chi connectivity index (χ0v) is 34.0. The summed E-state index contributed by atoms with van der Waals surface area (Å²) >= 11 is 0. The lowest BCUT2D eigenvalue weighted by Crippen LogP contribution is -2.52. The molecule has 0 amide bonds. The van der Waals surface area contributed by atoms with Crippen molar-refractivity contribution in [3.05, 3.63) is 89.0 Å². The smallest absolute Gasteiger partial charge is 0.160 e. The summed E-state index contributed by atoms with van der Waals surface area (Å²) in [4.78, 5) is 12.7. The molecule has 0 spiro atoms. The van der Waals surface area contributed by atoms with Gasteiger partial charge >= 0.3 is 0 Å². The zero-order chi connectivity index (χ0) is 37.2. The molecule has 1 fully saturated rings. The van der Waals surface area contributed by atoms with Crippen LogP contribution in [0.25, 0.3) is 5.57 Å². The summed E-state index contributed by atoms with van der Waals surface area (Å²) in [5, 5.41) is 6.51. The van der Waals surface area contributed by atoms with Gasteiger partial charge in [-0.05, 0) is 101 Å². The van der Waals surface area contributed by atoms with E-state index in [0.717, 1.165) is 80.3 Å². The lowest BCUT2D eigenvalue weighted by atomic mass is 9.70. The molecule has 2 aliphatic rings. The van der Waals surface area contributed by atoms with Gasteiger partial charge in [0.25, 0.3) is 0 Å². The van der Waals surface area contributed by atoms with Crippen molar-refractivity contribution in [1.82, 2.24) is 19.7 Å². The van der Waals surface area contributed by atoms with E-state index >= 15 is 0 Å². The van der Waals surface area contributed by atoms with Gasteiger partial charge in [-0.15, -0.1) is 0 Å². The number of likely N-dealkylation sites (N-methyl/N-ethyl adjacent to an activating group) is 1. The molecule has 1 saturated heterocycles. The van der Waals surface area contributed by atoms with E-state index in [1.165, 1.54) is 55.2 Å². The van der Waals surface area contributed by atoms with Gasteiger partial charge in [0.1, 0.15) is 5.82 Å². The number of aliphatic imine (C=N–C) groups is 1. The molecule has 280 valence electrons. The van der Waals surface area contributed by atoms with E-state index in [1.807, 2.05) is 5.01 Å². The average Bonchev–Trinajstić information content (AvgIpc) is 3.57. The Morgan fingerprint density at radius 1 is 1.00 bits per heavy atom. The summed E-state index contributed by atoms with van der Waals surface area (Å²) in [6.45, 7) is 27.1. The van der Waals surface area contributed by atoms with E-state index in [9.17, 15) is 0 Å².